The minimum atomic E-state index is -4.66. The van der Waals surface area contributed by atoms with E-state index in [2.05, 4.69) is 24.8 Å². The van der Waals surface area contributed by atoms with Crippen molar-refractivity contribution in [1.82, 2.24) is 24.6 Å². The fraction of sp³-hybridized carbons (Fsp3) is 0.500. The summed E-state index contributed by atoms with van der Waals surface area (Å²) in [6.45, 7) is 4.83. The zero-order valence-corrected chi connectivity index (χ0v) is 19.1. The van der Waals surface area contributed by atoms with Crippen LogP contribution >= 0.6 is 11.8 Å². The SMILES string of the molecule is Cc1ncoc1-c1nnc(SCCCN2C[C@@H]3CC3(c3ccc(OC(F)(F)F)cc3)C2)n1C. The number of piperidine rings is 1. The lowest BCUT2D eigenvalue weighted by atomic mass is 9.95. The molecule has 2 aliphatic rings. The lowest BCUT2D eigenvalue weighted by Crippen LogP contribution is -2.28. The van der Waals surface area contributed by atoms with Gasteiger partial charge in [-0.25, -0.2) is 4.98 Å². The molecule has 1 saturated heterocycles. The number of fused-ring (bicyclic) bond motifs is 1. The van der Waals surface area contributed by atoms with Gasteiger partial charge in [-0.3, -0.25) is 0 Å². The molecule has 33 heavy (non-hydrogen) atoms. The first-order valence-corrected chi connectivity index (χ1v) is 11.7. The monoisotopic (exact) mass is 479 g/mol. The average molecular weight is 480 g/mol. The van der Waals surface area contributed by atoms with Crippen molar-refractivity contribution in [1.29, 1.82) is 0 Å². The molecule has 0 N–H and O–H groups in total. The Morgan fingerprint density at radius 2 is 2.03 bits per heavy atom. The van der Waals surface area contributed by atoms with Gasteiger partial charge in [-0.05, 0) is 49.9 Å². The molecule has 1 saturated carbocycles. The van der Waals surface area contributed by atoms with Crippen LogP contribution < -0.4 is 4.74 Å². The summed E-state index contributed by atoms with van der Waals surface area (Å²) in [7, 11) is 1.92. The maximum absolute atomic E-state index is 12.4. The molecular weight excluding hydrogens is 455 g/mol. The molecule has 7 nitrogen and oxygen atoms in total. The minimum absolute atomic E-state index is 0.0807. The zero-order chi connectivity index (χ0) is 23.2. The number of ether oxygens (including phenoxy) is 1. The molecule has 2 fully saturated rings. The third-order valence-corrected chi connectivity index (χ3v) is 7.62. The van der Waals surface area contributed by atoms with Crippen molar-refractivity contribution in [3.05, 3.63) is 41.9 Å². The van der Waals surface area contributed by atoms with Crippen molar-refractivity contribution in [2.24, 2.45) is 13.0 Å². The standard InChI is InChI=1S/C22H24F3N5O2S/c1-14-18(31-13-26-14)19-27-28-20(29(19)2)33-9-3-8-30-11-16-10-21(16,12-30)15-4-6-17(7-5-15)32-22(23,24)25/h4-7,13,16H,3,8-12H2,1-2H3/t16-,21?/m0/s1. The quantitative estimate of drug-likeness (QED) is 0.350. The molecule has 2 atom stereocenters. The van der Waals surface area contributed by atoms with E-state index in [4.69, 9.17) is 4.42 Å². The van der Waals surface area contributed by atoms with Crippen LogP contribution in [0.2, 0.25) is 0 Å². The maximum Gasteiger partial charge on any atom is 0.573 e. The smallest absolute Gasteiger partial charge is 0.440 e. The lowest BCUT2D eigenvalue weighted by Gasteiger charge is -2.21. The van der Waals surface area contributed by atoms with E-state index in [0.717, 1.165) is 54.6 Å². The number of alkyl halides is 3. The third-order valence-electron chi connectivity index (χ3n) is 6.51. The summed E-state index contributed by atoms with van der Waals surface area (Å²) in [5.74, 6) is 2.62. The molecule has 0 bridgehead atoms. The highest BCUT2D eigenvalue weighted by Crippen LogP contribution is 2.59. The Balaban J connectivity index is 1.11. The number of nitrogens with zero attached hydrogens (tertiary/aromatic N) is 5. The Labute approximate surface area is 193 Å². The molecule has 3 heterocycles. The van der Waals surface area contributed by atoms with Gasteiger partial charge >= 0.3 is 6.36 Å². The van der Waals surface area contributed by atoms with Crippen molar-refractivity contribution in [3.63, 3.8) is 0 Å². The highest BCUT2D eigenvalue weighted by Gasteiger charge is 2.60. The van der Waals surface area contributed by atoms with Crippen molar-refractivity contribution in [2.45, 2.75) is 36.7 Å². The van der Waals surface area contributed by atoms with Crippen LogP contribution in [0.25, 0.3) is 11.6 Å². The predicted octanol–water partition coefficient (Wildman–Crippen LogP) is 4.43. The molecule has 1 aliphatic carbocycles. The normalized spacial score (nSPS) is 22.5. The van der Waals surface area contributed by atoms with E-state index in [0.29, 0.717) is 17.5 Å². The number of halogens is 3. The molecule has 2 aromatic heterocycles. The van der Waals surface area contributed by atoms with Gasteiger partial charge < -0.3 is 18.6 Å². The zero-order valence-electron chi connectivity index (χ0n) is 18.3. The average Bonchev–Trinajstić information content (AvgIpc) is 3.06. The Bertz CT molecular complexity index is 1130. The summed E-state index contributed by atoms with van der Waals surface area (Å²) < 4.78 is 48.5. The van der Waals surface area contributed by atoms with Crippen molar-refractivity contribution in [3.8, 4) is 17.3 Å². The number of likely N-dealkylation sites (tertiary alicyclic amines) is 1. The number of aryl methyl sites for hydroxylation is 1. The minimum Gasteiger partial charge on any atom is -0.440 e. The largest absolute Gasteiger partial charge is 0.573 e. The molecule has 1 unspecified atom stereocenters. The second-order valence-electron chi connectivity index (χ2n) is 8.70. The summed E-state index contributed by atoms with van der Waals surface area (Å²) in [4.78, 5) is 6.56. The number of hydrogen-bond donors (Lipinski definition) is 0. The third kappa shape index (κ3) is 4.48. The van der Waals surface area contributed by atoms with E-state index in [1.165, 1.54) is 18.5 Å². The van der Waals surface area contributed by atoms with Gasteiger partial charge in [-0.15, -0.1) is 23.4 Å². The molecule has 11 heteroatoms. The molecule has 5 rings (SSSR count). The summed E-state index contributed by atoms with van der Waals surface area (Å²) in [6, 6.07) is 6.40. The van der Waals surface area contributed by atoms with E-state index in [-0.39, 0.29) is 11.2 Å². The molecule has 1 aromatic carbocycles. The van der Waals surface area contributed by atoms with Gasteiger partial charge in [0.05, 0.1) is 5.69 Å². The van der Waals surface area contributed by atoms with Crippen LogP contribution in [0, 0.1) is 12.8 Å². The van der Waals surface area contributed by atoms with Gasteiger partial charge in [0.2, 0.25) is 5.82 Å². The number of oxazole rings is 1. The molecule has 0 radical (unpaired) electrons. The van der Waals surface area contributed by atoms with Crippen LogP contribution in [0.1, 0.15) is 24.1 Å². The van der Waals surface area contributed by atoms with Gasteiger partial charge in [0.15, 0.2) is 17.3 Å². The van der Waals surface area contributed by atoms with Crippen LogP contribution in [0.4, 0.5) is 13.2 Å². The molecule has 176 valence electrons. The van der Waals surface area contributed by atoms with E-state index in [1.807, 2.05) is 18.5 Å². The summed E-state index contributed by atoms with van der Waals surface area (Å²) in [5.41, 5.74) is 1.97. The highest BCUT2D eigenvalue weighted by molar-refractivity contribution is 7.99. The second kappa shape index (κ2) is 8.35. The van der Waals surface area contributed by atoms with Crippen molar-refractivity contribution >= 4 is 11.8 Å². The fourth-order valence-electron chi connectivity index (χ4n) is 4.80. The topological polar surface area (TPSA) is 69.2 Å². The Morgan fingerprint density at radius 1 is 1.24 bits per heavy atom. The summed E-state index contributed by atoms with van der Waals surface area (Å²) >= 11 is 1.66. The van der Waals surface area contributed by atoms with Gasteiger partial charge in [0.25, 0.3) is 0 Å². The van der Waals surface area contributed by atoms with E-state index in [9.17, 15) is 13.2 Å². The first-order chi connectivity index (χ1) is 15.7. The molecule has 3 aromatic rings. The molecule has 0 spiro atoms. The number of benzene rings is 1. The fourth-order valence-corrected chi connectivity index (χ4v) is 5.63. The first kappa shape index (κ1) is 22.3. The van der Waals surface area contributed by atoms with E-state index < -0.39 is 6.36 Å². The van der Waals surface area contributed by atoms with Crippen molar-refractivity contribution in [2.75, 3.05) is 25.4 Å². The summed E-state index contributed by atoms with van der Waals surface area (Å²) in [6.07, 6.45) is -1.15. The number of aromatic nitrogens is 4. The van der Waals surface area contributed by atoms with Gasteiger partial charge in [-0.1, -0.05) is 23.9 Å². The Hall–Kier alpha value is -2.53. The first-order valence-electron chi connectivity index (χ1n) is 10.8. The lowest BCUT2D eigenvalue weighted by molar-refractivity contribution is -0.274. The van der Waals surface area contributed by atoms with Crippen LogP contribution in [0.3, 0.4) is 0 Å². The van der Waals surface area contributed by atoms with E-state index in [1.54, 1.807) is 23.9 Å². The highest BCUT2D eigenvalue weighted by atomic mass is 32.2. The number of thioether (sulfide) groups is 1. The van der Waals surface area contributed by atoms with Crippen LogP contribution in [0.5, 0.6) is 5.75 Å². The Morgan fingerprint density at radius 3 is 2.73 bits per heavy atom. The molecule has 1 aliphatic heterocycles. The molecule has 0 amide bonds. The maximum atomic E-state index is 12.4. The number of hydrogen-bond acceptors (Lipinski definition) is 7. The van der Waals surface area contributed by atoms with Crippen LogP contribution in [-0.2, 0) is 12.5 Å². The second-order valence-corrected chi connectivity index (χ2v) is 9.76. The summed E-state index contributed by atoms with van der Waals surface area (Å²) in [5, 5.41) is 9.35. The van der Waals surface area contributed by atoms with E-state index >= 15 is 0 Å². The number of rotatable bonds is 8. The van der Waals surface area contributed by atoms with Crippen LogP contribution in [0.15, 0.2) is 40.2 Å². The van der Waals surface area contributed by atoms with Gasteiger partial charge in [0, 0.05) is 31.3 Å². The van der Waals surface area contributed by atoms with Gasteiger partial charge in [-0.2, -0.15) is 0 Å². The van der Waals surface area contributed by atoms with Crippen molar-refractivity contribution < 1.29 is 22.3 Å². The van der Waals surface area contributed by atoms with Crippen LogP contribution in [-0.4, -0.2) is 56.4 Å². The predicted molar refractivity (Wildman–Crippen MR) is 116 cm³/mol. The van der Waals surface area contributed by atoms with Gasteiger partial charge in [0.1, 0.15) is 5.75 Å². The Kier molecular flexibility index (Phi) is 5.64. The molecular formula is C22H24F3N5O2S.